The minimum atomic E-state index is -0.319. The van der Waals surface area contributed by atoms with E-state index in [4.69, 9.17) is 5.73 Å². The Labute approximate surface area is 181 Å². The third kappa shape index (κ3) is 6.34. The number of halogens is 2. The Morgan fingerprint density at radius 3 is 2.43 bits per heavy atom. The molecule has 1 saturated heterocycles. The number of para-hydroxylation sites is 1. The van der Waals surface area contributed by atoms with E-state index in [0.717, 1.165) is 18.1 Å². The van der Waals surface area contributed by atoms with Crippen molar-refractivity contribution in [3.8, 4) is 0 Å². The van der Waals surface area contributed by atoms with Crippen molar-refractivity contribution in [3.63, 3.8) is 0 Å². The van der Waals surface area contributed by atoms with Crippen molar-refractivity contribution in [1.29, 1.82) is 0 Å². The number of anilines is 1. The lowest BCUT2D eigenvalue weighted by atomic mass is 10.2. The zero-order valence-electron chi connectivity index (χ0n) is 15.4. The largest absolute Gasteiger partial charge is 0.368 e. The molecule has 1 aromatic carbocycles. The molecular weight excluding hydrogens is 421 g/mol. The van der Waals surface area contributed by atoms with E-state index in [1.807, 2.05) is 18.2 Å². The quantitative estimate of drug-likeness (QED) is 0.703. The summed E-state index contributed by atoms with van der Waals surface area (Å²) in [6.07, 6.45) is 0.655. The SMILES string of the molecule is Cl.Cl.NCCc1nc(C(=O)NCC(=O)N2CCN(c3ccccc3)CC2)cs1. The average molecular weight is 446 g/mol. The number of benzene rings is 1. The third-order valence-electron chi connectivity index (χ3n) is 4.30. The molecule has 1 aliphatic rings. The van der Waals surface area contributed by atoms with Crippen LogP contribution < -0.4 is 16.0 Å². The summed E-state index contributed by atoms with van der Waals surface area (Å²) in [4.78, 5) is 32.7. The molecule has 28 heavy (non-hydrogen) atoms. The molecule has 0 bridgehead atoms. The van der Waals surface area contributed by atoms with Crippen molar-refractivity contribution in [2.75, 3.05) is 44.2 Å². The molecule has 10 heteroatoms. The second-order valence-corrected chi connectivity index (χ2v) is 6.99. The Bertz CT molecular complexity index is 751. The van der Waals surface area contributed by atoms with Crippen LogP contribution in [0.5, 0.6) is 0 Å². The average Bonchev–Trinajstić information content (AvgIpc) is 3.16. The molecule has 0 unspecified atom stereocenters. The Balaban J connectivity index is 0.00000196. The smallest absolute Gasteiger partial charge is 0.271 e. The molecule has 7 nitrogen and oxygen atoms in total. The van der Waals surface area contributed by atoms with Gasteiger partial charge < -0.3 is 20.9 Å². The summed E-state index contributed by atoms with van der Waals surface area (Å²) in [5, 5.41) is 5.20. The van der Waals surface area contributed by atoms with E-state index in [9.17, 15) is 9.59 Å². The number of thiazole rings is 1. The summed E-state index contributed by atoms with van der Waals surface area (Å²) < 4.78 is 0. The van der Waals surface area contributed by atoms with Crippen molar-refractivity contribution < 1.29 is 9.59 Å². The summed E-state index contributed by atoms with van der Waals surface area (Å²) in [7, 11) is 0. The maximum Gasteiger partial charge on any atom is 0.271 e. The van der Waals surface area contributed by atoms with Crippen molar-refractivity contribution >= 4 is 53.7 Å². The number of nitrogens with zero attached hydrogens (tertiary/aromatic N) is 3. The summed E-state index contributed by atoms with van der Waals surface area (Å²) >= 11 is 1.41. The summed E-state index contributed by atoms with van der Waals surface area (Å²) in [5.74, 6) is -0.385. The van der Waals surface area contributed by atoms with Crippen molar-refractivity contribution in [1.82, 2.24) is 15.2 Å². The first-order valence-electron chi connectivity index (χ1n) is 8.68. The van der Waals surface area contributed by atoms with Crippen LogP contribution >= 0.6 is 36.2 Å². The standard InChI is InChI=1S/C18H23N5O2S.2ClH/c19-7-6-16-21-15(13-26-16)18(25)20-12-17(24)23-10-8-22(9-11-23)14-4-2-1-3-5-14;;/h1-5,13H,6-12,19H2,(H,20,25);2*1H. The van der Waals surface area contributed by atoms with Crippen molar-refractivity contribution in [2.24, 2.45) is 5.73 Å². The molecule has 0 atom stereocenters. The third-order valence-corrected chi connectivity index (χ3v) is 5.21. The van der Waals surface area contributed by atoms with Gasteiger partial charge in [-0.1, -0.05) is 18.2 Å². The zero-order chi connectivity index (χ0) is 18.4. The minimum absolute atomic E-state index is 0. The Hall–Kier alpha value is -1.87. The van der Waals surface area contributed by atoms with Crippen LogP contribution in [-0.4, -0.2) is 61.0 Å². The summed E-state index contributed by atoms with van der Waals surface area (Å²) in [6.45, 7) is 3.38. The second-order valence-electron chi connectivity index (χ2n) is 6.05. The topological polar surface area (TPSA) is 91.6 Å². The first-order chi connectivity index (χ1) is 12.7. The molecule has 0 radical (unpaired) electrons. The van der Waals surface area contributed by atoms with Gasteiger partial charge in [0.25, 0.3) is 5.91 Å². The van der Waals surface area contributed by atoms with Crippen LogP contribution in [0.2, 0.25) is 0 Å². The molecule has 154 valence electrons. The molecule has 1 fully saturated rings. The van der Waals surface area contributed by atoms with Gasteiger partial charge in [0.2, 0.25) is 5.91 Å². The number of nitrogens with two attached hydrogens (primary N) is 1. The minimum Gasteiger partial charge on any atom is -0.368 e. The number of carbonyl (C=O) groups is 2. The monoisotopic (exact) mass is 445 g/mol. The highest BCUT2D eigenvalue weighted by Gasteiger charge is 2.22. The molecule has 2 amide bonds. The van der Waals surface area contributed by atoms with Crippen LogP contribution in [0.4, 0.5) is 5.69 Å². The Kier molecular flexibility index (Phi) is 10.2. The molecule has 0 aliphatic carbocycles. The van der Waals surface area contributed by atoms with E-state index in [-0.39, 0.29) is 43.2 Å². The normalized spacial score (nSPS) is 13.3. The van der Waals surface area contributed by atoms with Gasteiger partial charge in [0.15, 0.2) is 0 Å². The molecule has 2 aromatic rings. The highest BCUT2D eigenvalue weighted by Crippen LogP contribution is 2.15. The number of aromatic nitrogens is 1. The molecule has 1 aromatic heterocycles. The fraction of sp³-hybridized carbons (Fsp3) is 0.389. The lowest BCUT2D eigenvalue weighted by Crippen LogP contribution is -2.51. The van der Waals surface area contributed by atoms with E-state index in [1.54, 1.807) is 10.3 Å². The second kappa shape index (κ2) is 11.9. The molecule has 0 spiro atoms. The number of hydrogen-bond donors (Lipinski definition) is 2. The van der Waals surface area contributed by atoms with E-state index in [0.29, 0.717) is 31.7 Å². The number of hydrogen-bond acceptors (Lipinski definition) is 6. The fourth-order valence-corrected chi connectivity index (χ4v) is 3.66. The van der Waals surface area contributed by atoms with Crippen LogP contribution in [0.15, 0.2) is 35.7 Å². The van der Waals surface area contributed by atoms with Crippen LogP contribution in [0.25, 0.3) is 0 Å². The Morgan fingerprint density at radius 1 is 1.11 bits per heavy atom. The van der Waals surface area contributed by atoms with Gasteiger partial charge in [-0.15, -0.1) is 36.2 Å². The van der Waals surface area contributed by atoms with E-state index < -0.39 is 0 Å². The molecule has 1 aliphatic heterocycles. The highest BCUT2D eigenvalue weighted by molar-refractivity contribution is 7.09. The van der Waals surface area contributed by atoms with E-state index >= 15 is 0 Å². The van der Waals surface area contributed by atoms with Crippen LogP contribution in [0, 0.1) is 0 Å². The molecule has 2 heterocycles. The summed E-state index contributed by atoms with van der Waals surface area (Å²) in [6, 6.07) is 10.2. The van der Waals surface area contributed by atoms with Gasteiger partial charge in [0.1, 0.15) is 5.69 Å². The van der Waals surface area contributed by atoms with Gasteiger partial charge in [0, 0.05) is 43.7 Å². The van der Waals surface area contributed by atoms with Gasteiger partial charge in [0.05, 0.1) is 11.6 Å². The first kappa shape index (κ1) is 24.2. The molecule has 0 saturated carbocycles. The maximum atomic E-state index is 12.3. The maximum absolute atomic E-state index is 12.3. The van der Waals surface area contributed by atoms with Crippen LogP contribution in [0.1, 0.15) is 15.5 Å². The number of piperazine rings is 1. The van der Waals surface area contributed by atoms with Gasteiger partial charge in [-0.05, 0) is 18.7 Å². The predicted molar refractivity (Wildman–Crippen MR) is 117 cm³/mol. The zero-order valence-corrected chi connectivity index (χ0v) is 17.8. The Morgan fingerprint density at radius 2 is 1.79 bits per heavy atom. The van der Waals surface area contributed by atoms with E-state index in [2.05, 4.69) is 27.3 Å². The number of rotatable bonds is 6. The number of amides is 2. The van der Waals surface area contributed by atoms with Gasteiger partial charge in [-0.25, -0.2) is 4.98 Å². The predicted octanol–water partition coefficient (Wildman–Crippen LogP) is 1.57. The molecule has 3 N–H and O–H groups in total. The van der Waals surface area contributed by atoms with Crippen LogP contribution in [-0.2, 0) is 11.2 Å². The fourth-order valence-electron chi connectivity index (χ4n) is 2.86. The highest BCUT2D eigenvalue weighted by atomic mass is 35.5. The first-order valence-corrected chi connectivity index (χ1v) is 9.56. The summed E-state index contributed by atoms with van der Waals surface area (Å²) in [5.41, 5.74) is 7.00. The van der Waals surface area contributed by atoms with Gasteiger partial charge >= 0.3 is 0 Å². The van der Waals surface area contributed by atoms with E-state index in [1.165, 1.54) is 17.0 Å². The number of nitrogens with one attached hydrogen (secondary N) is 1. The number of carbonyl (C=O) groups excluding carboxylic acids is 2. The van der Waals surface area contributed by atoms with Crippen molar-refractivity contribution in [3.05, 3.63) is 46.4 Å². The molecule has 3 rings (SSSR count). The van der Waals surface area contributed by atoms with Crippen molar-refractivity contribution in [2.45, 2.75) is 6.42 Å². The molecular formula is C18H25Cl2N5O2S. The van der Waals surface area contributed by atoms with Gasteiger partial charge in [-0.2, -0.15) is 0 Å². The lowest BCUT2D eigenvalue weighted by molar-refractivity contribution is -0.130. The van der Waals surface area contributed by atoms with Crippen LogP contribution in [0.3, 0.4) is 0 Å². The van der Waals surface area contributed by atoms with Gasteiger partial charge in [-0.3, -0.25) is 9.59 Å². The lowest BCUT2D eigenvalue weighted by Gasteiger charge is -2.36.